The van der Waals surface area contributed by atoms with Crippen molar-refractivity contribution in [3.63, 3.8) is 0 Å². The molecule has 9 heteroatoms. The van der Waals surface area contributed by atoms with Crippen LogP contribution in [0.5, 0.6) is 0 Å². The van der Waals surface area contributed by atoms with E-state index < -0.39 is 5.54 Å². The lowest BCUT2D eigenvalue weighted by Crippen LogP contribution is -2.28. The second-order valence-electron chi connectivity index (χ2n) is 6.38. The predicted molar refractivity (Wildman–Crippen MR) is 111 cm³/mol. The second-order valence-corrected chi connectivity index (χ2v) is 8.57. The molecule has 0 fully saturated rings. The average Bonchev–Trinajstić information content (AvgIpc) is 2.66. The summed E-state index contributed by atoms with van der Waals surface area (Å²) in [7, 11) is 0. The van der Waals surface area contributed by atoms with Gasteiger partial charge in [-0.3, -0.25) is 9.78 Å². The Balaban J connectivity index is 1.76. The first-order valence-electron chi connectivity index (χ1n) is 8.41. The molecule has 0 aliphatic carbocycles. The van der Waals surface area contributed by atoms with E-state index >= 15 is 0 Å². The maximum Gasteiger partial charge on any atom is 0.187 e. The zero-order valence-corrected chi connectivity index (χ0v) is 16.9. The van der Waals surface area contributed by atoms with E-state index in [1.807, 2.05) is 19.1 Å². The molecule has 142 valence electrons. The Kier molecular flexibility index (Phi) is 6.11. The molecule has 2 N–H and O–H groups in total. The lowest BCUT2D eigenvalue weighted by atomic mass is 9.92. The highest BCUT2D eigenvalue weighted by Crippen LogP contribution is 2.39. The predicted octanol–water partition coefficient (Wildman–Crippen LogP) is 3.09. The minimum absolute atomic E-state index is 0.140. The van der Waals surface area contributed by atoms with Gasteiger partial charge in [-0.15, -0.1) is 0 Å². The zero-order chi connectivity index (χ0) is 20.1. The van der Waals surface area contributed by atoms with Gasteiger partial charge in [0.25, 0.3) is 0 Å². The first-order valence-corrected chi connectivity index (χ1v) is 10.2. The molecule has 1 aliphatic rings. The molecule has 3 rings (SSSR count). The van der Waals surface area contributed by atoms with Gasteiger partial charge in [0.1, 0.15) is 16.3 Å². The summed E-state index contributed by atoms with van der Waals surface area (Å²) in [4.78, 5) is 30.8. The van der Waals surface area contributed by atoms with Crippen molar-refractivity contribution in [1.82, 2.24) is 15.0 Å². The fourth-order valence-electron chi connectivity index (χ4n) is 2.82. The number of ketones is 1. The van der Waals surface area contributed by atoms with E-state index in [0.29, 0.717) is 22.4 Å². The highest BCUT2D eigenvalue weighted by Gasteiger charge is 2.32. The van der Waals surface area contributed by atoms with Crippen molar-refractivity contribution in [3.8, 4) is 6.07 Å². The summed E-state index contributed by atoms with van der Waals surface area (Å²) in [6.07, 6.45) is 5.44. The number of hydrogen-bond acceptors (Lipinski definition) is 9. The van der Waals surface area contributed by atoms with Gasteiger partial charge in [-0.1, -0.05) is 30.1 Å². The third kappa shape index (κ3) is 4.77. The molecular weight excluding hydrogens is 392 g/mol. The number of Topliss-reactive ketones (excluding diaryl/α,β-unsaturated/α-hetero) is 1. The SMILES string of the molecule is C=C1C[C@@](C)(c2cc(CC(=O)c3cnc(SCC#N)cn3)ccn2)N=C(N)S1. The van der Waals surface area contributed by atoms with Crippen LogP contribution < -0.4 is 5.73 Å². The maximum absolute atomic E-state index is 12.6. The van der Waals surface area contributed by atoms with Crippen LogP contribution in [-0.2, 0) is 12.0 Å². The minimum atomic E-state index is -0.592. The van der Waals surface area contributed by atoms with E-state index in [-0.39, 0.29) is 17.9 Å². The van der Waals surface area contributed by atoms with E-state index in [0.717, 1.165) is 16.2 Å². The number of thioether (sulfide) groups is 2. The van der Waals surface area contributed by atoms with Gasteiger partial charge in [-0.2, -0.15) is 5.26 Å². The molecule has 7 nitrogen and oxygen atoms in total. The van der Waals surface area contributed by atoms with Gasteiger partial charge in [0, 0.05) is 19.0 Å². The van der Waals surface area contributed by atoms with E-state index in [9.17, 15) is 4.79 Å². The van der Waals surface area contributed by atoms with Crippen molar-refractivity contribution in [2.75, 3.05) is 5.75 Å². The summed E-state index contributed by atoms with van der Waals surface area (Å²) in [5, 5.41) is 9.68. The molecule has 0 spiro atoms. The Hall–Kier alpha value is -2.70. The number of nitriles is 1. The normalized spacial score (nSPS) is 19.0. The molecule has 0 unspecified atom stereocenters. The lowest BCUT2D eigenvalue weighted by Gasteiger charge is -2.30. The molecule has 0 bridgehead atoms. The van der Waals surface area contributed by atoms with Crippen molar-refractivity contribution < 1.29 is 4.79 Å². The Labute approximate surface area is 171 Å². The first-order chi connectivity index (χ1) is 13.4. The van der Waals surface area contributed by atoms with Crippen LogP contribution in [0.15, 0.2) is 52.2 Å². The van der Waals surface area contributed by atoms with Crippen LogP contribution in [-0.4, -0.2) is 31.7 Å². The second kappa shape index (κ2) is 8.54. The molecule has 0 saturated heterocycles. The topological polar surface area (TPSA) is 118 Å². The van der Waals surface area contributed by atoms with Crippen LogP contribution in [0.1, 0.15) is 35.1 Å². The molecule has 1 aliphatic heterocycles. The molecule has 0 saturated carbocycles. The summed E-state index contributed by atoms with van der Waals surface area (Å²) < 4.78 is 0. The van der Waals surface area contributed by atoms with Crippen LogP contribution in [0.4, 0.5) is 0 Å². The van der Waals surface area contributed by atoms with Gasteiger partial charge in [-0.05, 0) is 29.5 Å². The van der Waals surface area contributed by atoms with Gasteiger partial charge < -0.3 is 5.73 Å². The highest BCUT2D eigenvalue weighted by molar-refractivity contribution is 8.17. The molecule has 2 aromatic heterocycles. The minimum Gasteiger partial charge on any atom is -0.378 e. The van der Waals surface area contributed by atoms with E-state index in [2.05, 4.69) is 26.5 Å². The van der Waals surface area contributed by atoms with Gasteiger partial charge in [0.2, 0.25) is 0 Å². The Morgan fingerprint density at radius 1 is 1.43 bits per heavy atom. The number of nitrogens with zero attached hydrogens (tertiary/aromatic N) is 5. The third-order valence-electron chi connectivity index (χ3n) is 4.09. The fraction of sp³-hybridized carbons (Fsp3) is 0.263. The lowest BCUT2D eigenvalue weighted by molar-refractivity contribution is 0.0987. The number of carbonyl (C=O) groups excluding carboxylic acids is 1. The number of pyridine rings is 1. The fourth-order valence-corrected chi connectivity index (χ4v) is 4.18. The average molecular weight is 411 g/mol. The molecule has 2 aromatic rings. The molecular formula is C19H18N6OS2. The van der Waals surface area contributed by atoms with Crippen molar-refractivity contribution in [2.45, 2.75) is 30.3 Å². The van der Waals surface area contributed by atoms with Crippen LogP contribution in [0, 0.1) is 11.3 Å². The largest absolute Gasteiger partial charge is 0.378 e. The number of rotatable bonds is 6. The molecule has 1 atom stereocenters. The van der Waals surface area contributed by atoms with Crippen LogP contribution >= 0.6 is 23.5 Å². The number of nitrogens with two attached hydrogens (primary N) is 1. The number of hydrogen-bond donors (Lipinski definition) is 1. The number of amidine groups is 1. The van der Waals surface area contributed by atoms with Crippen molar-refractivity contribution >= 4 is 34.5 Å². The van der Waals surface area contributed by atoms with Crippen LogP contribution in [0.25, 0.3) is 0 Å². The molecule has 28 heavy (non-hydrogen) atoms. The molecule has 3 heterocycles. The monoisotopic (exact) mass is 410 g/mol. The summed E-state index contributed by atoms with van der Waals surface area (Å²) in [5.74, 6) is 0.150. The van der Waals surface area contributed by atoms with E-state index in [4.69, 9.17) is 11.0 Å². The van der Waals surface area contributed by atoms with E-state index in [1.54, 1.807) is 12.3 Å². The van der Waals surface area contributed by atoms with E-state index in [1.165, 1.54) is 35.9 Å². The quantitative estimate of drug-likeness (QED) is 0.570. The Bertz CT molecular complexity index is 983. The number of aliphatic imine (C=N–C) groups is 1. The van der Waals surface area contributed by atoms with Gasteiger partial charge >= 0.3 is 0 Å². The van der Waals surface area contributed by atoms with Crippen molar-refractivity contribution in [1.29, 1.82) is 5.26 Å². The third-order valence-corrected chi connectivity index (χ3v) is 5.60. The van der Waals surface area contributed by atoms with Crippen molar-refractivity contribution in [3.05, 3.63) is 59.2 Å². The highest BCUT2D eigenvalue weighted by atomic mass is 32.2. The van der Waals surface area contributed by atoms with Gasteiger partial charge in [0.05, 0.1) is 29.9 Å². The molecule has 0 radical (unpaired) electrons. The summed E-state index contributed by atoms with van der Waals surface area (Å²) in [5.41, 5.74) is 7.17. The van der Waals surface area contributed by atoms with Gasteiger partial charge in [0.15, 0.2) is 11.0 Å². The summed E-state index contributed by atoms with van der Waals surface area (Å²) in [6.45, 7) is 5.97. The molecule has 0 aromatic carbocycles. The Morgan fingerprint density at radius 2 is 2.25 bits per heavy atom. The summed E-state index contributed by atoms with van der Waals surface area (Å²) >= 11 is 2.65. The van der Waals surface area contributed by atoms with Crippen molar-refractivity contribution in [2.24, 2.45) is 10.7 Å². The molecule has 0 amide bonds. The number of carbonyl (C=O) groups is 1. The number of aromatic nitrogens is 3. The van der Waals surface area contributed by atoms with Crippen LogP contribution in [0.3, 0.4) is 0 Å². The first kappa shape index (κ1) is 20.0. The van der Waals surface area contributed by atoms with Crippen LogP contribution in [0.2, 0.25) is 0 Å². The maximum atomic E-state index is 12.6. The standard InChI is InChI=1S/C19H18N6OS2/c1-12-9-19(2,25-18(21)28-12)16-8-13(3-5-22-16)7-15(26)14-10-24-17(11-23-14)27-6-4-20/h3,5,8,10-11H,1,6-7,9H2,2H3,(H2,21,25)/t19-/m0/s1. The smallest absolute Gasteiger partial charge is 0.187 e. The zero-order valence-electron chi connectivity index (χ0n) is 15.3. The summed E-state index contributed by atoms with van der Waals surface area (Å²) in [6, 6.07) is 5.70. The van der Waals surface area contributed by atoms with Gasteiger partial charge in [-0.25, -0.2) is 15.0 Å². The Morgan fingerprint density at radius 3 is 2.93 bits per heavy atom.